The van der Waals surface area contributed by atoms with Gasteiger partial charge >= 0.3 is 0 Å². The summed E-state index contributed by atoms with van der Waals surface area (Å²) in [6, 6.07) is 7.06. The molecule has 0 bridgehead atoms. The standard InChI is InChI=1S/C14H17NO2/c1-10(2)15-9-3-4-13(14(15)17)11-5-7-12(16)8-6-11/h3,5-10,13,16H,4H2,1-2H3. The highest BCUT2D eigenvalue weighted by Crippen LogP contribution is 2.28. The number of benzene rings is 1. The maximum atomic E-state index is 12.3. The summed E-state index contributed by atoms with van der Waals surface area (Å²) in [5.74, 6) is 0.240. The third-order valence-electron chi connectivity index (χ3n) is 3.04. The van der Waals surface area contributed by atoms with Gasteiger partial charge in [0.05, 0.1) is 5.92 Å². The lowest BCUT2D eigenvalue weighted by Crippen LogP contribution is -2.38. The van der Waals surface area contributed by atoms with E-state index in [1.807, 2.05) is 38.3 Å². The lowest BCUT2D eigenvalue weighted by Gasteiger charge is -2.30. The van der Waals surface area contributed by atoms with Crippen molar-refractivity contribution < 1.29 is 9.90 Å². The number of rotatable bonds is 2. The average molecular weight is 231 g/mol. The van der Waals surface area contributed by atoms with Crippen molar-refractivity contribution in [3.8, 4) is 5.75 Å². The smallest absolute Gasteiger partial charge is 0.234 e. The van der Waals surface area contributed by atoms with Crippen LogP contribution in [-0.2, 0) is 4.79 Å². The molecule has 1 N–H and O–H groups in total. The highest BCUT2D eigenvalue weighted by molar-refractivity contribution is 5.86. The van der Waals surface area contributed by atoms with Crippen LogP contribution in [0.3, 0.4) is 0 Å². The minimum absolute atomic E-state index is 0.122. The molecule has 3 nitrogen and oxygen atoms in total. The molecule has 17 heavy (non-hydrogen) atoms. The van der Waals surface area contributed by atoms with Crippen LogP contribution in [0.2, 0.25) is 0 Å². The molecule has 0 radical (unpaired) electrons. The van der Waals surface area contributed by atoms with E-state index in [2.05, 4.69) is 0 Å². The molecule has 1 atom stereocenters. The molecule has 2 rings (SSSR count). The maximum Gasteiger partial charge on any atom is 0.234 e. The lowest BCUT2D eigenvalue weighted by atomic mass is 9.92. The molecule has 1 unspecified atom stereocenters. The number of phenolic OH excluding ortho intramolecular Hbond substituents is 1. The van der Waals surface area contributed by atoms with Crippen LogP contribution in [0.1, 0.15) is 31.7 Å². The van der Waals surface area contributed by atoms with Crippen molar-refractivity contribution in [1.29, 1.82) is 0 Å². The van der Waals surface area contributed by atoms with Gasteiger partial charge in [0, 0.05) is 12.2 Å². The van der Waals surface area contributed by atoms with Crippen LogP contribution in [0.5, 0.6) is 5.75 Å². The van der Waals surface area contributed by atoms with Crippen molar-refractivity contribution >= 4 is 5.91 Å². The second kappa shape index (κ2) is 4.62. The molecule has 1 aromatic carbocycles. The van der Waals surface area contributed by atoms with Crippen LogP contribution in [0.25, 0.3) is 0 Å². The number of amides is 1. The van der Waals surface area contributed by atoms with E-state index >= 15 is 0 Å². The van der Waals surface area contributed by atoms with Crippen LogP contribution in [-0.4, -0.2) is 22.0 Å². The van der Waals surface area contributed by atoms with Gasteiger partial charge in [0.1, 0.15) is 5.75 Å². The molecule has 0 aliphatic carbocycles. The van der Waals surface area contributed by atoms with Gasteiger partial charge < -0.3 is 10.0 Å². The van der Waals surface area contributed by atoms with Crippen molar-refractivity contribution in [1.82, 2.24) is 4.90 Å². The number of allylic oxidation sites excluding steroid dienone is 1. The molecule has 0 fully saturated rings. The Morgan fingerprint density at radius 1 is 1.29 bits per heavy atom. The zero-order valence-corrected chi connectivity index (χ0v) is 10.1. The van der Waals surface area contributed by atoms with E-state index in [4.69, 9.17) is 0 Å². The van der Waals surface area contributed by atoms with Gasteiger partial charge in [0.25, 0.3) is 0 Å². The molecule has 1 amide bonds. The third kappa shape index (κ3) is 2.33. The van der Waals surface area contributed by atoms with E-state index < -0.39 is 0 Å². The molecular formula is C14H17NO2. The van der Waals surface area contributed by atoms with E-state index in [1.54, 1.807) is 17.0 Å². The van der Waals surface area contributed by atoms with Crippen LogP contribution in [0.15, 0.2) is 36.5 Å². The first-order valence-electron chi connectivity index (χ1n) is 5.87. The minimum atomic E-state index is -0.122. The lowest BCUT2D eigenvalue weighted by molar-refractivity contribution is -0.132. The molecular weight excluding hydrogens is 214 g/mol. The predicted molar refractivity (Wildman–Crippen MR) is 66.6 cm³/mol. The van der Waals surface area contributed by atoms with E-state index in [9.17, 15) is 9.90 Å². The quantitative estimate of drug-likeness (QED) is 0.850. The molecule has 0 saturated heterocycles. The Balaban J connectivity index is 2.25. The fourth-order valence-corrected chi connectivity index (χ4v) is 2.08. The molecule has 0 saturated carbocycles. The van der Waals surface area contributed by atoms with Crippen molar-refractivity contribution in [2.45, 2.75) is 32.2 Å². The second-order valence-corrected chi connectivity index (χ2v) is 4.60. The van der Waals surface area contributed by atoms with E-state index in [0.29, 0.717) is 0 Å². The molecule has 0 aromatic heterocycles. The summed E-state index contributed by atoms with van der Waals surface area (Å²) in [6.07, 6.45) is 4.62. The SMILES string of the molecule is CC(C)N1C=CCC(c2ccc(O)cc2)C1=O. The van der Waals surface area contributed by atoms with Crippen LogP contribution >= 0.6 is 0 Å². The van der Waals surface area contributed by atoms with Gasteiger partial charge in [-0.05, 0) is 38.0 Å². The fraction of sp³-hybridized carbons (Fsp3) is 0.357. The first kappa shape index (κ1) is 11.7. The topological polar surface area (TPSA) is 40.5 Å². The Morgan fingerprint density at radius 2 is 1.94 bits per heavy atom. The second-order valence-electron chi connectivity index (χ2n) is 4.60. The Labute approximate surface area is 101 Å². The molecule has 1 aromatic rings. The van der Waals surface area contributed by atoms with Gasteiger partial charge in [-0.2, -0.15) is 0 Å². The number of hydrogen-bond acceptors (Lipinski definition) is 2. The van der Waals surface area contributed by atoms with Gasteiger partial charge in [-0.1, -0.05) is 18.2 Å². The Kier molecular flexibility index (Phi) is 3.18. The number of carbonyl (C=O) groups excluding carboxylic acids is 1. The van der Waals surface area contributed by atoms with Crippen molar-refractivity contribution in [3.05, 3.63) is 42.1 Å². The van der Waals surface area contributed by atoms with Crippen molar-refractivity contribution in [2.75, 3.05) is 0 Å². The molecule has 0 spiro atoms. The molecule has 3 heteroatoms. The Bertz CT molecular complexity index is 434. The normalized spacial score (nSPS) is 20.1. The number of hydrogen-bond donors (Lipinski definition) is 1. The largest absolute Gasteiger partial charge is 0.508 e. The first-order chi connectivity index (χ1) is 8.09. The summed E-state index contributed by atoms with van der Waals surface area (Å²) >= 11 is 0. The average Bonchev–Trinajstić information content (AvgIpc) is 2.30. The molecule has 1 aliphatic rings. The summed E-state index contributed by atoms with van der Waals surface area (Å²) in [7, 11) is 0. The summed E-state index contributed by atoms with van der Waals surface area (Å²) < 4.78 is 0. The highest BCUT2D eigenvalue weighted by Gasteiger charge is 2.28. The molecule has 90 valence electrons. The van der Waals surface area contributed by atoms with Gasteiger partial charge in [0.15, 0.2) is 0 Å². The van der Waals surface area contributed by atoms with E-state index in [1.165, 1.54) is 0 Å². The number of nitrogens with zero attached hydrogens (tertiary/aromatic N) is 1. The summed E-state index contributed by atoms with van der Waals surface area (Å²) in [5.41, 5.74) is 0.961. The van der Waals surface area contributed by atoms with E-state index in [0.717, 1.165) is 12.0 Å². The monoisotopic (exact) mass is 231 g/mol. The summed E-state index contributed by atoms with van der Waals surface area (Å²) in [5, 5.41) is 9.25. The molecule has 1 aliphatic heterocycles. The number of aromatic hydroxyl groups is 1. The Morgan fingerprint density at radius 3 is 2.53 bits per heavy atom. The minimum Gasteiger partial charge on any atom is -0.508 e. The summed E-state index contributed by atoms with van der Waals surface area (Å²) in [4.78, 5) is 14.0. The first-order valence-corrected chi connectivity index (χ1v) is 5.87. The van der Waals surface area contributed by atoms with Gasteiger partial charge in [0.2, 0.25) is 5.91 Å². The number of phenols is 1. The zero-order chi connectivity index (χ0) is 12.4. The van der Waals surface area contributed by atoms with Crippen molar-refractivity contribution in [3.63, 3.8) is 0 Å². The summed E-state index contributed by atoms with van der Waals surface area (Å²) in [6.45, 7) is 4.00. The van der Waals surface area contributed by atoms with Gasteiger partial charge in [-0.15, -0.1) is 0 Å². The van der Waals surface area contributed by atoms with Gasteiger partial charge in [-0.3, -0.25) is 4.79 Å². The van der Waals surface area contributed by atoms with Crippen LogP contribution in [0.4, 0.5) is 0 Å². The Hall–Kier alpha value is -1.77. The zero-order valence-electron chi connectivity index (χ0n) is 10.1. The van der Waals surface area contributed by atoms with Crippen LogP contribution < -0.4 is 0 Å². The number of carbonyl (C=O) groups is 1. The predicted octanol–water partition coefficient (Wildman–Crippen LogP) is 2.63. The fourth-order valence-electron chi connectivity index (χ4n) is 2.08. The highest BCUT2D eigenvalue weighted by atomic mass is 16.3. The van der Waals surface area contributed by atoms with Crippen molar-refractivity contribution in [2.24, 2.45) is 0 Å². The maximum absolute atomic E-state index is 12.3. The van der Waals surface area contributed by atoms with E-state index in [-0.39, 0.29) is 23.6 Å². The van der Waals surface area contributed by atoms with Crippen LogP contribution in [0, 0.1) is 0 Å². The third-order valence-corrected chi connectivity index (χ3v) is 3.04. The van der Waals surface area contributed by atoms with Gasteiger partial charge in [-0.25, -0.2) is 0 Å². The molecule has 1 heterocycles.